The van der Waals surface area contributed by atoms with Crippen LogP contribution in [0.25, 0.3) is 0 Å². The minimum absolute atomic E-state index is 0.121. The number of carbonyl (C=O) groups excluding carboxylic acids is 3. The van der Waals surface area contributed by atoms with Crippen LogP contribution in [0.4, 0.5) is 0 Å². The second-order valence-electron chi connectivity index (χ2n) is 6.65. The van der Waals surface area contributed by atoms with Gasteiger partial charge in [-0.1, -0.05) is 18.2 Å². The van der Waals surface area contributed by atoms with Crippen molar-refractivity contribution in [3.8, 4) is 17.2 Å². The predicted molar refractivity (Wildman–Crippen MR) is 110 cm³/mol. The van der Waals surface area contributed by atoms with Gasteiger partial charge < -0.3 is 30.1 Å². The number of primary amides is 1. The van der Waals surface area contributed by atoms with Crippen LogP contribution in [0, 0.1) is 0 Å². The Morgan fingerprint density at radius 1 is 0.933 bits per heavy atom. The molecule has 2 rings (SSSR count). The van der Waals surface area contributed by atoms with Gasteiger partial charge in [-0.3, -0.25) is 9.59 Å². The number of carbonyl (C=O) groups is 3. The molecule has 2 aromatic rings. The highest BCUT2D eigenvalue weighted by Gasteiger charge is 2.09. The summed E-state index contributed by atoms with van der Waals surface area (Å²) < 4.78 is 16.0. The van der Waals surface area contributed by atoms with E-state index >= 15 is 0 Å². The van der Waals surface area contributed by atoms with Crippen molar-refractivity contribution in [2.24, 2.45) is 5.73 Å². The van der Waals surface area contributed by atoms with E-state index < -0.39 is 5.91 Å². The van der Waals surface area contributed by atoms with E-state index in [-0.39, 0.29) is 31.4 Å². The van der Waals surface area contributed by atoms with E-state index in [1.807, 2.05) is 12.1 Å². The predicted octanol–water partition coefficient (Wildman–Crippen LogP) is 1.78. The number of hydrogen-bond donors (Lipinski definition) is 2. The van der Waals surface area contributed by atoms with Crippen molar-refractivity contribution >= 4 is 17.6 Å². The number of benzene rings is 2. The minimum Gasteiger partial charge on any atom is -0.493 e. The van der Waals surface area contributed by atoms with Gasteiger partial charge >= 0.3 is 0 Å². The molecular formula is C22H26N2O6. The fraction of sp³-hybridized carbons (Fsp3) is 0.318. The van der Waals surface area contributed by atoms with Crippen molar-refractivity contribution < 1.29 is 28.6 Å². The highest BCUT2D eigenvalue weighted by atomic mass is 16.5. The molecular weight excluding hydrogens is 388 g/mol. The van der Waals surface area contributed by atoms with Gasteiger partial charge in [0.25, 0.3) is 11.8 Å². The van der Waals surface area contributed by atoms with Crippen LogP contribution in [0.5, 0.6) is 17.2 Å². The fourth-order valence-corrected chi connectivity index (χ4v) is 2.56. The molecule has 3 N–H and O–H groups in total. The average molecular weight is 414 g/mol. The third-order valence-electron chi connectivity index (χ3n) is 4.15. The van der Waals surface area contributed by atoms with Crippen LogP contribution in [0.1, 0.15) is 24.5 Å². The molecule has 0 aliphatic rings. The highest BCUT2D eigenvalue weighted by molar-refractivity contribution is 5.77. The molecule has 0 aliphatic heterocycles. The summed E-state index contributed by atoms with van der Waals surface area (Å²) in [5.74, 6) is 0.695. The number of ether oxygens (including phenoxy) is 3. The molecule has 30 heavy (non-hydrogen) atoms. The molecule has 0 radical (unpaired) electrons. The Morgan fingerprint density at radius 2 is 1.63 bits per heavy atom. The first-order chi connectivity index (χ1) is 14.4. The summed E-state index contributed by atoms with van der Waals surface area (Å²) in [7, 11) is 1.48. The van der Waals surface area contributed by atoms with Gasteiger partial charge in [0.1, 0.15) is 11.5 Å². The molecule has 0 heterocycles. The summed E-state index contributed by atoms with van der Waals surface area (Å²) in [5.41, 5.74) is 6.90. The number of aryl methyl sites for hydroxylation is 1. The third kappa shape index (κ3) is 7.83. The molecule has 0 aromatic heterocycles. The molecule has 0 unspecified atom stereocenters. The Hall–Kier alpha value is -3.55. The molecule has 2 amide bonds. The standard InChI is InChI=1S/C22H26N2O6/c1-15(25)3-4-16-5-8-18(9-6-16)29-14-22(27)24-12-17-7-10-19(20(11-17)28-2)30-13-21(23)26/h5-11H,3-4,12-14H2,1-2H3,(H2,23,26)(H,24,27). The van der Waals surface area contributed by atoms with Gasteiger partial charge in [0.15, 0.2) is 24.7 Å². The largest absolute Gasteiger partial charge is 0.493 e. The lowest BCUT2D eigenvalue weighted by molar-refractivity contribution is -0.123. The number of rotatable bonds is 12. The average Bonchev–Trinajstić information content (AvgIpc) is 2.74. The van der Waals surface area contributed by atoms with Crippen LogP contribution >= 0.6 is 0 Å². The van der Waals surface area contributed by atoms with E-state index in [0.29, 0.717) is 30.1 Å². The van der Waals surface area contributed by atoms with Crippen molar-refractivity contribution in [3.63, 3.8) is 0 Å². The van der Waals surface area contributed by atoms with Crippen molar-refractivity contribution in [1.82, 2.24) is 5.32 Å². The molecule has 0 bridgehead atoms. The minimum atomic E-state index is -0.584. The topological polar surface area (TPSA) is 117 Å². The maximum absolute atomic E-state index is 12.1. The molecule has 8 heteroatoms. The maximum atomic E-state index is 12.1. The van der Waals surface area contributed by atoms with E-state index in [4.69, 9.17) is 19.9 Å². The maximum Gasteiger partial charge on any atom is 0.258 e. The lowest BCUT2D eigenvalue weighted by Gasteiger charge is -2.12. The first kappa shape index (κ1) is 22.7. The van der Waals surface area contributed by atoms with Crippen molar-refractivity contribution in [2.75, 3.05) is 20.3 Å². The molecule has 0 atom stereocenters. The molecule has 2 aromatic carbocycles. The SMILES string of the molecule is COc1cc(CNC(=O)COc2ccc(CCC(C)=O)cc2)ccc1OCC(N)=O. The lowest BCUT2D eigenvalue weighted by Crippen LogP contribution is -2.28. The van der Waals surface area contributed by atoms with E-state index in [1.165, 1.54) is 7.11 Å². The number of nitrogens with one attached hydrogen (secondary N) is 1. The Labute approximate surface area is 175 Å². The zero-order chi connectivity index (χ0) is 21.9. The quantitative estimate of drug-likeness (QED) is 0.547. The molecule has 0 fully saturated rings. The van der Waals surface area contributed by atoms with Gasteiger partial charge in [-0.2, -0.15) is 0 Å². The van der Waals surface area contributed by atoms with E-state index in [1.54, 1.807) is 37.3 Å². The molecule has 0 saturated carbocycles. The van der Waals surface area contributed by atoms with Gasteiger partial charge in [0, 0.05) is 13.0 Å². The van der Waals surface area contributed by atoms with Gasteiger partial charge in [-0.25, -0.2) is 0 Å². The first-order valence-electron chi connectivity index (χ1n) is 9.43. The smallest absolute Gasteiger partial charge is 0.258 e. The Kier molecular flexibility index (Phi) is 8.68. The van der Waals surface area contributed by atoms with Crippen LogP contribution in [-0.4, -0.2) is 37.9 Å². The summed E-state index contributed by atoms with van der Waals surface area (Å²) in [6, 6.07) is 12.4. The number of hydrogen-bond acceptors (Lipinski definition) is 6. The Balaban J connectivity index is 1.80. The second-order valence-corrected chi connectivity index (χ2v) is 6.65. The summed E-state index contributed by atoms with van der Waals surface area (Å²) >= 11 is 0. The van der Waals surface area contributed by atoms with Gasteiger partial charge in [-0.15, -0.1) is 0 Å². The van der Waals surface area contributed by atoms with Crippen LogP contribution in [0.2, 0.25) is 0 Å². The Morgan fingerprint density at radius 3 is 2.27 bits per heavy atom. The van der Waals surface area contributed by atoms with E-state index in [9.17, 15) is 14.4 Å². The van der Waals surface area contributed by atoms with Crippen molar-refractivity contribution in [1.29, 1.82) is 0 Å². The zero-order valence-electron chi connectivity index (χ0n) is 17.1. The highest BCUT2D eigenvalue weighted by Crippen LogP contribution is 2.28. The van der Waals surface area contributed by atoms with Crippen LogP contribution in [0.15, 0.2) is 42.5 Å². The van der Waals surface area contributed by atoms with Crippen LogP contribution in [0.3, 0.4) is 0 Å². The number of ketones is 1. The lowest BCUT2D eigenvalue weighted by atomic mass is 10.1. The number of nitrogens with two attached hydrogens (primary N) is 1. The second kappa shape index (κ2) is 11.5. The number of Topliss-reactive ketones (excluding diaryl/α,β-unsaturated/α-hetero) is 1. The summed E-state index contributed by atoms with van der Waals surface area (Å²) in [6.45, 7) is 1.47. The summed E-state index contributed by atoms with van der Waals surface area (Å²) in [5, 5.41) is 2.76. The van der Waals surface area contributed by atoms with Gasteiger partial charge in [0.2, 0.25) is 0 Å². The molecule has 0 spiro atoms. The summed E-state index contributed by atoms with van der Waals surface area (Å²) in [6.07, 6.45) is 1.19. The van der Waals surface area contributed by atoms with Crippen LogP contribution in [-0.2, 0) is 27.3 Å². The number of methoxy groups -OCH3 is 1. The molecule has 8 nitrogen and oxygen atoms in total. The first-order valence-corrected chi connectivity index (χ1v) is 9.43. The van der Waals surface area contributed by atoms with Crippen molar-refractivity contribution in [3.05, 3.63) is 53.6 Å². The summed E-state index contributed by atoms with van der Waals surface area (Å²) in [4.78, 5) is 33.9. The third-order valence-corrected chi connectivity index (χ3v) is 4.15. The monoisotopic (exact) mass is 414 g/mol. The van der Waals surface area contributed by atoms with E-state index in [0.717, 1.165) is 11.1 Å². The molecule has 0 saturated heterocycles. The molecule has 0 aliphatic carbocycles. The Bertz CT molecular complexity index is 880. The zero-order valence-corrected chi connectivity index (χ0v) is 17.1. The normalized spacial score (nSPS) is 10.2. The van der Waals surface area contributed by atoms with Gasteiger partial charge in [0.05, 0.1) is 7.11 Å². The fourth-order valence-electron chi connectivity index (χ4n) is 2.56. The van der Waals surface area contributed by atoms with Crippen molar-refractivity contribution in [2.45, 2.75) is 26.3 Å². The van der Waals surface area contributed by atoms with E-state index in [2.05, 4.69) is 5.32 Å². The van der Waals surface area contributed by atoms with Gasteiger partial charge in [-0.05, 0) is 48.7 Å². The number of amides is 2. The molecule has 160 valence electrons. The van der Waals surface area contributed by atoms with Crippen LogP contribution < -0.4 is 25.3 Å².